The SMILES string of the molecule is CN(Cc1cccs1)c1ncc(CN)s1. The smallest absolute Gasteiger partial charge is 0.185 e. The number of anilines is 1. The Morgan fingerprint density at radius 3 is 2.93 bits per heavy atom. The lowest BCUT2D eigenvalue weighted by molar-refractivity contribution is 0.930. The summed E-state index contributed by atoms with van der Waals surface area (Å²) in [6.45, 7) is 1.49. The molecule has 2 heterocycles. The van der Waals surface area contributed by atoms with Crippen molar-refractivity contribution < 1.29 is 0 Å². The zero-order chi connectivity index (χ0) is 10.7. The molecule has 0 aromatic carbocycles. The van der Waals surface area contributed by atoms with Crippen LogP contribution in [0.25, 0.3) is 0 Å². The molecule has 0 aliphatic carbocycles. The highest BCUT2D eigenvalue weighted by molar-refractivity contribution is 7.15. The van der Waals surface area contributed by atoms with Crippen LogP contribution >= 0.6 is 22.7 Å². The van der Waals surface area contributed by atoms with Gasteiger partial charge in [-0.2, -0.15) is 0 Å². The number of thiophene rings is 1. The number of nitrogens with zero attached hydrogens (tertiary/aromatic N) is 2. The van der Waals surface area contributed by atoms with Crippen LogP contribution in [-0.4, -0.2) is 12.0 Å². The van der Waals surface area contributed by atoms with Crippen LogP contribution in [0.5, 0.6) is 0 Å². The second-order valence-corrected chi connectivity index (χ2v) is 5.37. The third-order valence-electron chi connectivity index (χ3n) is 2.04. The molecule has 0 radical (unpaired) electrons. The molecule has 0 atom stereocenters. The summed E-state index contributed by atoms with van der Waals surface area (Å²) in [5.41, 5.74) is 5.55. The molecule has 0 bridgehead atoms. The minimum absolute atomic E-state index is 0.574. The van der Waals surface area contributed by atoms with Gasteiger partial charge in [-0.3, -0.25) is 0 Å². The van der Waals surface area contributed by atoms with Crippen molar-refractivity contribution in [3.8, 4) is 0 Å². The van der Waals surface area contributed by atoms with Gasteiger partial charge in [0.25, 0.3) is 0 Å². The standard InChI is InChI=1S/C10H13N3S2/c1-13(7-8-3-2-4-14-8)10-12-6-9(5-11)15-10/h2-4,6H,5,7,11H2,1H3. The van der Waals surface area contributed by atoms with E-state index in [2.05, 4.69) is 34.4 Å². The molecule has 2 N–H and O–H groups in total. The lowest BCUT2D eigenvalue weighted by atomic mass is 10.4. The third kappa shape index (κ3) is 2.56. The van der Waals surface area contributed by atoms with E-state index in [1.807, 2.05) is 6.20 Å². The lowest BCUT2D eigenvalue weighted by Crippen LogP contribution is -2.14. The van der Waals surface area contributed by atoms with Gasteiger partial charge in [0.15, 0.2) is 5.13 Å². The van der Waals surface area contributed by atoms with E-state index in [0.29, 0.717) is 6.54 Å². The predicted octanol–water partition coefficient (Wildman–Crippen LogP) is 2.30. The molecule has 0 amide bonds. The van der Waals surface area contributed by atoms with E-state index in [-0.39, 0.29) is 0 Å². The largest absolute Gasteiger partial charge is 0.346 e. The molecule has 5 heteroatoms. The summed E-state index contributed by atoms with van der Waals surface area (Å²) in [5, 5.41) is 3.12. The van der Waals surface area contributed by atoms with Crippen molar-refractivity contribution in [3.63, 3.8) is 0 Å². The van der Waals surface area contributed by atoms with E-state index >= 15 is 0 Å². The van der Waals surface area contributed by atoms with Gasteiger partial charge >= 0.3 is 0 Å². The molecule has 0 aliphatic rings. The molecule has 3 nitrogen and oxygen atoms in total. The molecule has 80 valence electrons. The molecule has 2 rings (SSSR count). The summed E-state index contributed by atoms with van der Waals surface area (Å²) in [4.78, 5) is 8.96. The van der Waals surface area contributed by atoms with Gasteiger partial charge in [0.1, 0.15) is 0 Å². The number of hydrogen-bond acceptors (Lipinski definition) is 5. The van der Waals surface area contributed by atoms with Crippen LogP contribution in [0.3, 0.4) is 0 Å². The molecule has 2 aromatic rings. The van der Waals surface area contributed by atoms with Crippen LogP contribution in [-0.2, 0) is 13.1 Å². The van der Waals surface area contributed by atoms with Crippen molar-refractivity contribution in [2.45, 2.75) is 13.1 Å². The Morgan fingerprint density at radius 1 is 1.47 bits per heavy atom. The lowest BCUT2D eigenvalue weighted by Gasteiger charge is -2.13. The highest BCUT2D eigenvalue weighted by Crippen LogP contribution is 2.23. The first-order valence-electron chi connectivity index (χ1n) is 4.68. The second-order valence-electron chi connectivity index (χ2n) is 3.25. The van der Waals surface area contributed by atoms with Crippen LogP contribution < -0.4 is 10.6 Å². The molecule has 0 aliphatic heterocycles. The fourth-order valence-electron chi connectivity index (χ4n) is 1.27. The number of rotatable bonds is 4. The summed E-state index contributed by atoms with van der Waals surface area (Å²) in [7, 11) is 2.05. The first kappa shape index (κ1) is 10.6. The Labute approximate surface area is 97.2 Å². The quantitative estimate of drug-likeness (QED) is 0.890. The zero-order valence-corrected chi connectivity index (χ0v) is 10.1. The van der Waals surface area contributed by atoms with Crippen LogP contribution in [0.4, 0.5) is 5.13 Å². The molecule has 0 unspecified atom stereocenters. The Morgan fingerprint density at radius 2 is 2.33 bits per heavy atom. The van der Waals surface area contributed by atoms with Crippen molar-refractivity contribution in [1.82, 2.24) is 4.98 Å². The zero-order valence-electron chi connectivity index (χ0n) is 8.51. The van der Waals surface area contributed by atoms with Gasteiger partial charge in [-0.05, 0) is 11.4 Å². The highest BCUT2D eigenvalue weighted by Gasteiger charge is 2.07. The molecule has 15 heavy (non-hydrogen) atoms. The van der Waals surface area contributed by atoms with Crippen LogP contribution in [0.1, 0.15) is 9.75 Å². The minimum Gasteiger partial charge on any atom is -0.346 e. The Balaban J connectivity index is 2.04. The number of thiazole rings is 1. The van der Waals surface area contributed by atoms with E-state index in [0.717, 1.165) is 16.6 Å². The summed E-state index contributed by atoms with van der Waals surface area (Å²) in [6.07, 6.45) is 1.85. The monoisotopic (exact) mass is 239 g/mol. The molecule has 2 aromatic heterocycles. The number of hydrogen-bond donors (Lipinski definition) is 1. The Kier molecular flexibility index (Phi) is 3.35. The second kappa shape index (κ2) is 4.74. The molecule has 0 saturated carbocycles. The van der Waals surface area contributed by atoms with E-state index < -0.39 is 0 Å². The summed E-state index contributed by atoms with van der Waals surface area (Å²) < 4.78 is 0. The van der Waals surface area contributed by atoms with Crippen LogP contribution in [0.2, 0.25) is 0 Å². The van der Waals surface area contributed by atoms with Crippen LogP contribution in [0, 0.1) is 0 Å². The van der Waals surface area contributed by atoms with Gasteiger partial charge in [0.05, 0.1) is 6.54 Å². The maximum absolute atomic E-state index is 5.55. The van der Waals surface area contributed by atoms with Gasteiger partial charge in [-0.25, -0.2) is 4.98 Å². The Hall–Kier alpha value is -0.910. The average molecular weight is 239 g/mol. The fourth-order valence-corrected chi connectivity index (χ4v) is 2.78. The maximum Gasteiger partial charge on any atom is 0.185 e. The normalized spacial score (nSPS) is 10.5. The number of nitrogens with two attached hydrogens (primary N) is 1. The molecular formula is C10H13N3S2. The van der Waals surface area contributed by atoms with Crippen molar-refractivity contribution in [1.29, 1.82) is 0 Å². The first-order chi connectivity index (χ1) is 7.29. The summed E-state index contributed by atoms with van der Waals surface area (Å²) in [5.74, 6) is 0. The average Bonchev–Trinajstić information content (AvgIpc) is 2.86. The van der Waals surface area contributed by atoms with Gasteiger partial charge in [-0.1, -0.05) is 6.07 Å². The van der Waals surface area contributed by atoms with Crippen molar-refractivity contribution >= 4 is 27.8 Å². The van der Waals surface area contributed by atoms with Gasteiger partial charge in [0, 0.05) is 29.5 Å². The van der Waals surface area contributed by atoms with E-state index in [9.17, 15) is 0 Å². The van der Waals surface area contributed by atoms with Gasteiger partial charge < -0.3 is 10.6 Å². The van der Waals surface area contributed by atoms with Gasteiger partial charge in [-0.15, -0.1) is 22.7 Å². The van der Waals surface area contributed by atoms with Crippen molar-refractivity contribution in [2.24, 2.45) is 5.73 Å². The van der Waals surface area contributed by atoms with E-state index in [4.69, 9.17) is 5.73 Å². The maximum atomic E-state index is 5.55. The third-order valence-corrected chi connectivity index (χ3v) is 4.04. The van der Waals surface area contributed by atoms with E-state index in [1.165, 1.54) is 4.88 Å². The van der Waals surface area contributed by atoms with Crippen molar-refractivity contribution in [3.05, 3.63) is 33.5 Å². The molecule has 0 saturated heterocycles. The number of aromatic nitrogens is 1. The molecular weight excluding hydrogens is 226 g/mol. The summed E-state index contributed by atoms with van der Waals surface area (Å²) in [6, 6.07) is 4.21. The molecule has 0 spiro atoms. The Bertz CT molecular complexity index is 408. The predicted molar refractivity (Wildman–Crippen MR) is 66.4 cm³/mol. The van der Waals surface area contributed by atoms with Crippen molar-refractivity contribution in [2.75, 3.05) is 11.9 Å². The fraction of sp³-hybridized carbons (Fsp3) is 0.300. The minimum atomic E-state index is 0.574. The topological polar surface area (TPSA) is 42.2 Å². The van der Waals surface area contributed by atoms with E-state index in [1.54, 1.807) is 22.7 Å². The molecule has 0 fully saturated rings. The highest BCUT2D eigenvalue weighted by atomic mass is 32.1. The first-order valence-corrected chi connectivity index (χ1v) is 6.37. The van der Waals surface area contributed by atoms with Gasteiger partial charge in [0.2, 0.25) is 0 Å². The van der Waals surface area contributed by atoms with Crippen LogP contribution in [0.15, 0.2) is 23.7 Å². The summed E-state index contributed by atoms with van der Waals surface area (Å²) >= 11 is 3.43.